The Balaban J connectivity index is 2.33. The van der Waals surface area contributed by atoms with Gasteiger partial charge in [0.05, 0.1) is 12.0 Å². The molecular formula is C13H23NOS. The monoisotopic (exact) mass is 241 g/mol. The largest absolute Gasteiger partial charge is 0.468 e. The van der Waals surface area contributed by atoms with Crippen molar-refractivity contribution in [3.63, 3.8) is 0 Å². The zero-order valence-electron chi connectivity index (χ0n) is 10.7. The van der Waals surface area contributed by atoms with Crippen molar-refractivity contribution in [2.75, 3.05) is 12.3 Å². The van der Waals surface area contributed by atoms with Crippen LogP contribution >= 0.6 is 11.8 Å². The van der Waals surface area contributed by atoms with Gasteiger partial charge in [-0.15, -0.1) is 0 Å². The van der Waals surface area contributed by atoms with Crippen LogP contribution in [0.15, 0.2) is 22.8 Å². The second-order valence-electron chi connectivity index (χ2n) is 5.07. The highest BCUT2D eigenvalue weighted by molar-refractivity contribution is 7.98. The van der Waals surface area contributed by atoms with E-state index in [9.17, 15) is 0 Å². The molecule has 0 bridgehead atoms. The molecule has 92 valence electrons. The summed E-state index contributed by atoms with van der Waals surface area (Å²) in [6.07, 6.45) is 1.74. The van der Waals surface area contributed by atoms with Crippen molar-refractivity contribution in [3.05, 3.63) is 24.2 Å². The van der Waals surface area contributed by atoms with Gasteiger partial charge >= 0.3 is 0 Å². The van der Waals surface area contributed by atoms with Crippen LogP contribution in [0.3, 0.4) is 0 Å². The third-order valence-corrected chi connectivity index (χ3v) is 3.66. The summed E-state index contributed by atoms with van der Waals surface area (Å²) in [4.78, 5) is 0. The highest BCUT2D eigenvalue weighted by atomic mass is 32.2. The molecule has 0 amide bonds. The maximum atomic E-state index is 5.32. The molecule has 1 unspecified atom stereocenters. The first-order chi connectivity index (χ1) is 7.54. The van der Waals surface area contributed by atoms with E-state index in [0.29, 0.717) is 11.5 Å². The molecule has 0 aliphatic rings. The summed E-state index contributed by atoms with van der Waals surface area (Å²) in [5.74, 6) is 3.15. The quantitative estimate of drug-likeness (QED) is 0.824. The van der Waals surface area contributed by atoms with E-state index in [-0.39, 0.29) is 0 Å². The van der Waals surface area contributed by atoms with Gasteiger partial charge in [0.25, 0.3) is 0 Å². The molecule has 16 heavy (non-hydrogen) atoms. The molecule has 0 spiro atoms. The summed E-state index contributed by atoms with van der Waals surface area (Å²) in [6, 6.07) is 4.53. The van der Waals surface area contributed by atoms with Crippen molar-refractivity contribution in [1.29, 1.82) is 0 Å². The molecule has 2 nitrogen and oxygen atoms in total. The van der Waals surface area contributed by atoms with Gasteiger partial charge in [-0.05, 0) is 24.1 Å². The molecule has 1 aromatic heterocycles. The zero-order valence-corrected chi connectivity index (χ0v) is 11.6. The van der Waals surface area contributed by atoms with Gasteiger partial charge in [-0.2, -0.15) is 11.8 Å². The average Bonchev–Trinajstić information content (AvgIpc) is 2.67. The van der Waals surface area contributed by atoms with E-state index in [0.717, 1.165) is 23.8 Å². The number of nitrogens with one attached hydrogen (secondary N) is 1. The molecule has 0 aromatic carbocycles. The maximum absolute atomic E-state index is 5.32. The van der Waals surface area contributed by atoms with Crippen molar-refractivity contribution in [3.8, 4) is 0 Å². The van der Waals surface area contributed by atoms with Gasteiger partial charge in [0.2, 0.25) is 0 Å². The highest BCUT2D eigenvalue weighted by Gasteiger charge is 2.23. The van der Waals surface area contributed by atoms with E-state index in [2.05, 4.69) is 33.0 Å². The fourth-order valence-corrected chi connectivity index (χ4v) is 2.87. The van der Waals surface area contributed by atoms with Crippen LogP contribution in [0.1, 0.15) is 33.5 Å². The maximum Gasteiger partial charge on any atom is 0.113 e. The molecule has 0 radical (unpaired) electrons. The lowest BCUT2D eigenvalue weighted by Crippen LogP contribution is -2.42. The number of hydrogen-bond acceptors (Lipinski definition) is 3. The minimum Gasteiger partial charge on any atom is -0.468 e. The lowest BCUT2D eigenvalue weighted by Gasteiger charge is -2.31. The lowest BCUT2D eigenvalue weighted by molar-refractivity contribution is 0.295. The molecule has 0 aliphatic heterocycles. The second-order valence-corrected chi connectivity index (χ2v) is 6.10. The highest BCUT2D eigenvalue weighted by Crippen LogP contribution is 2.24. The van der Waals surface area contributed by atoms with Crippen molar-refractivity contribution >= 4 is 11.8 Å². The topological polar surface area (TPSA) is 25.2 Å². The van der Waals surface area contributed by atoms with E-state index in [1.807, 2.05) is 23.9 Å². The summed E-state index contributed by atoms with van der Waals surface area (Å²) in [7, 11) is 0. The number of rotatable bonds is 6. The first kappa shape index (κ1) is 13.7. The second kappa shape index (κ2) is 6.36. The van der Waals surface area contributed by atoms with E-state index in [1.165, 1.54) is 0 Å². The Morgan fingerprint density at radius 2 is 2.19 bits per heavy atom. The van der Waals surface area contributed by atoms with E-state index < -0.39 is 0 Å². The molecule has 1 N–H and O–H groups in total. The molecule has 1 atom stereocenters. The molecule has 1 heterocycles. The fraction of sp³-hybridized carbons (Fsp3) is 0.692. The summed E-state index contributed by atoms with van der Waals surface area (Å²) >= 11 is 1.93. The normalized spacial score (nSPS) is 14.0. The Morgan fingerprint density at radius 3 is 2.69 bits per heavy atom. The minimum absolute atomic E-state index is 0.312. The van der Waals surface area contributed by atoms with Crippen LogP contribution < -0.4 is 5.32 Å². The van der Waals surface area contributed by atoms with Gasteiger partial charge in [0.1, 0.15) is 5.76 Å². The number of furan rings is 1. The van der Waals surface area contributed by atoms with Crippen molar-refractivity contribution in [1.82, 2.24) is 5.32 Å². The summed E-state index contributed by atoms with van der Waals surface area (Å²) in [5, 5.41) is 3.55. The van der Waals surface area contributed by atoms with Crippen molar-refractivity contribution in [2.24, 2.45) is 5.41 Å². The molecule has 0 aliphatic carbocycles. The van der Waals surface area contributed by atoms with Gasteiger partial charge in [0, 0.05) is 11.8 Å². The Morgan fingerprint density at radius 1 is 1.44 bits per heavy atom. The molecule has 0 saturated heterocycles. The van der Waals surface area contributed by atoms with Crippen LogP contribution in [0, 0.1) is 5.41 Å². The molecule has 1 rings (SSSR count). The van der Waals surface area contributed by atoms with Gasteiger partial charge < -0.3 is 9.73 Å². The van der Waals surface area contributed by atoms with Crippen LogP contribution in [-0.2, 0) is 5.75 Å². The van der Waals surface area contributed by atoms with Gasteiger partial charge in [-0.1, -0.05) is 27.7 Å². The zero-order chi connectivity index (χ0) is 12.0. The first-order valence-corrected chi connectivity index (χ1v) is 7.03. The Labute approximate surface area is 103 Å². The van der Waals surface area contributed by atoms with Gasteiger partial charge in [-0.25, -0.2) is 0 Å². The lowest BCUT2D eigenvalue weighted by atomic mass is 9.88. The number of thioether (sulfide) groups is 1. The van der Waals surface area contributed by atoms with Crippen LogP contribution in [0.4, 0.5) is 0 Å². The summed E-state index contributed by atoms with van der Waals surface area (Å²) < 4.78 is 5.32. The average molecular weight is 241 g/mol. The molecule has 0 saturated carbocycles. The van der Waals surface area contributed by atoms with Crippen LogP contribution in [-0.4, -0.2) is 18.3 Å². The standard InChI is InChI=1S/C13H23NOS/c1-5-14-12(13(2,3)4)10-16-9-11-7-6-8-15-11/h6-8,12,14H,5,9-10H2,1-4H3. The number of hydrogen-bond donors (Lipinski definition) is 1. The van der Waals surface area contributed by atoms with Gasteiger partial charge in [-0.3, -0.25) is 0 Å². The third kappa shape index (κ3) is 4.62. The van der Waals surface area contributed by atoms with Gasteiger partial charge in [0.15, 0.2) is 0 Å². The molecule has 0 fully saturated rings. The van der Waals surface area contributed by atoms with Crippen LogP contribution in [0.25, 0.3) is 0 Å². The van der Waals surface area contributed by atoms with E-state index >= 15 is 0 Å². The predicted octanol–water partition coefficient (Wildman–Crippen LogP) is 3.54. The van der Waals surface area contributed by atoms with Crippen molar-refractivity contribution < 1.29 is 4.42 Å². The molecule has 1 aromatic rings. The molecular weight excluding hydrogens is 218 g/mol. The smallest absolute Gasteiger partial charge is 0.113 e. The Bertz CT molecular complexity index is 277. The summed E-state index contributed by atoms with van der Waals surface area (Å²) in [6.45, 7) is 10.1. The SMILES string of the molecule is CCNC(CSCc1ccco1)C(C)(C)C. The first-order valence-electron chi connectivity index (χ1n) is 5.87. The third-order valence-electron chi connectivity index (χ3n) is 2.60. The van der Waals surface area contributed by atoms with E-state index in [4.69, 9.17) is 4.42 Å². The fourth-order valence-electron chi connectivity index (χ4n) is 1.53. The summed E-state index contributed by atoms with van der Waals surface area (Å²) in [5.41, 5.74) is 0.312. The van der Waals surface area contributed by atoms with Crippen LogP contribution in [0.2, 0.25) is 0 Å². The van der Waals surface area contributed by atoms with E-state index in [1.54, 1.807) is 6.26 Å². The predicted molar refractivity (Wildman–Crippen MR) is 71.8 cm³/mol. The Kier molecular flexibility index (Phi) is 5.42. The minimum atomic E-state index is 0.312. The Hall–Kier alpha value is -0.410. The van der Waals surface area contributed by atoms with Crippen molar-refractivity contribution in [2.45, 2.75) is 39.5 Å². The molecule has 3 heteroatoms. The van der Waals surface area contributed by atoms with Crippen LogP contribution in [0.5, 0.6) is 0 Å².